The quantitative estimate of drug-likeness (QED) is 0.889. The van der Waals surface area contributed by atoms with Crippen molar-refractivity contribution in [3.05, 3.63) is 41.6 Å². The fourth-order valence-corrected chi connectivity index (χ4v) is 2.29. The number of fused-ring (bicyclic) bond motifs is 1. The molecule has 5 heteroatoms. The van der Waals surface area contributed by atoms with E-state index >= 15 is 0 Å². The Morgan fingerprint density at radius 2 is 1.91 bits per heavy atom. The molecule has 2 N–H and O–H groups in total. The third-order valence-corrected chi connectivity index (χ3v) is 3.43. The van der Waals surface area contributed by atoms with E-state index in [1.54, 1.807) is 13.0 Å². The van der Waals surface area contributed by atoms with Gasteiger partial charge in [-0.1, -0.05) is 32.0 Å². The van der Waals surface area contributed by atoms with E-state index in [9.17, 15) is 9.59 Å². The molecular formula is C17H20N2O3. The molecule has 22 heavy (non-hydrogen) atoms. The molecule has 1 unspecified atom stereocenters. The van der Waals surface area contributed by atoms with Gasteiger partial charge in [0.05, 0.1) is 17.5 Å². The third kappa shape index (κ3) is 3.61. The van der Waals surface area contributed by atoms with Gasteiger partial charge in [-0.3, -0.25) is 14.6 Å². The zero-order valence-electron chi connectivity index (χ0n) is 13.0. The number of benzene rings is 1. The monoisotopic (exact) mass is 300 g/mol. The van der Waals surface area contributed by atoms with Crippen LogP contribution in [0.3, 0.4) is 0 Å². The number of carboxylic acids is 1. The van der Waals surface area contributed by atoms with E-state index in [1.807, 2.05) is 38.1 Å². The Labute approximate surface area is 129 Å². The summed E-state index contributed by atoms with van der Waals surface area (Å²) in [6.45, 7) is 5.72. The number of nitrogens with zero attached hydrogens (tertiary/aromatic N) is 1. The van der Waals surface area contributed by atoms with Gasteiger partial charge in [-0.05, 0) is 25.0 Å². The fourth-order valence-electron chi connectivity index (χ4n) is 2.29. The number of carbonyl (C=O) groups is 2. The Morgan fingerprint density at radius 3 is 2.55 bits per heavy atom. The Balaban J connectivity index is 2.40. The van der Waals surface area contributed by atoms with Crippen molar-refractivity contribution in [2.24, 2.45) is 0 Å². The van der Waals surface area contributed by atoms with Crippen LogP contribution in [0, 0.1) is 0 Å². The van der Waals surface area contributed by atoms with Crippen LogP contribution in [-0.4, -0.2) is 28.0 Å². The van der Waals surface area contributed by atoms with Crippen molar-refractivity contribution in [2.75, 3.05) is 0 Å². The number of aliphatic carboxylic acids is 1. The van der Waals surface area contributed by atoms with Gasteiger partial charge in [0.15, 0.2) is 0 Å². The maximum atomic E-state index is 12.5. The molecule has 0 radical (unpaired) electrons. The summed E-state index contributed by atoms with van der Waals surface area (Å²) < 4.78 is 0. The van der Waals surface area contributed by atoms with E-state index in [0.717, 1.165) is 16.6 Å². The van der Waals surface area contributed by atoms with Gasteiger partial charge < -0.3 is 10.4 Å². The minimum Gasteiger partial charge on any atom is -0.481 e. The molecule has 0 aliphatic carbocycles. The standard InChI is InChI=1S/C17H20N2O3/c1-10(2)15-9-13(12-6-4-5-7-14(12)19-15)17(22)18-11(3)8-16(20)21/h4-7,9-11H,8H2,1-3H3,(H,18,22)(H,20,21). The normalized spacial score (nSPS) is 12.4. The summed E-state index contributed by atoms with van der Waals surface area (Å²) in [7, 11) is 0. The lowest BCUT2D eigenvalue weighted by atomic mass is 10.0. The number of para-hydroxylation sites is 1. The predicted octanol–water partition coefficient (Wildman–Crippen LogP) is 2.95. The molecule has 2 rings (SSSR count). The number of rotatable bonds is 5. The second-order valence-electron chi connectivity index (χ2n) is 5.74. The predicted molar refractivity (Wildman–Crippen MR) is 85.0 cm³/mol. The van der Waals surface area contributed by atoms with Crippen LogP contribution in [0.15, 0.2) is 30.3 Å². The van der Waals surface area contributed by atoms with E-state index in [0.29, 0.717) is 5.56 Å². The molecule has 0 bridgehead atoms. The highest BCUT2D eigenvalue weighted by Gasteiger charge is 2.17. The molecule has 0 spiro atoms. The second kappa shape index (κ2) is 6.56. The Morgan fingerprint density at radius 1 is 1.23 bits per heavy atom. The smallest absolute Gasteiger partial charge is 0.305 e. The fraction of sp³-hybridized carbons (Fsp3) is 0.353. The minimum atomic E-state index is -0.935. The number of hydrogen-bond acceptors (Lipinski definition) is 3. The highest BCUT2D eigenvalue weighted by Crippen LogP contribution is 2.22. The van der Waals surface area contributed by atoms with E-state index in [1.165, 1.54) is 0 Å². The Kier molecular flexibility index (Phi) is 4.75. The molecule has 1 atom stereocenters. The number of carboxylic acid groups (broad SMARTS) is 1. The number of hydrogen-bond donors (Lipinski definition) is 2. The van der Waals surface area contributed by atoms with Gasteiger partial charge in [0, 0.05) is 17.1 Å². The average Bonchev–Trinajstić information content (AvgIpc) is 2.44. The first-order valence-electron chi connectivity index (χ1n) is 7.30. The van der Waals surface area contributed by atoms with Crippen LogP contribution in [0.4, 0.5) is 0 Å². The molecule has 0 aliphatic heterocycles. The second-order valence-corrected chi connectivity index (χ2v) is 5.74. The lowest BCUT2D eigenvalue weighted by Gasteiger charge is -2.15. The molecule has 2 aromatic rings. The number of carbonyl (C=O) groups excluding carboxylic acids is 1. The summed E-state index contributed by atoms with van der Waals surface area (Å²) in [5, 5.41) is 12.3. The molecule has 0 saturated carbocycles. The van der Waals surface area contributed by atoms with Crippen molar-refractivity contribution in [1.29, 1.82) is 0 Å². The van der Waals surface area contributed by atoms with Crippen LogP contribution in [0.1, 0.15) is 49.2 Å². The van der Waals surface area contributed by atoms with E-state index < -0.39 is 12.0 Å². The van der Waals surface area contributed by atoms with Gasteiger partial charge >= 0.3 is 5.97 Å². The molecule has 0 saturated heterocycles. The molecule has 1 aromatic heterocycles. The number of amides is 1. The molecule has 1 amide bonds. The van der Waals surface area contributed by atoms with Crippen molar-refractivity contribution < 1.29 is 14.7 Å². The maximum absolute atomic E-state index is 12.5. The van der Waals surface area contributed by atoms with Crippen LogP contribution in [0.2, 0.25) is 0 Å². The van der Waals surface area contributed by atoms with Crippen molar-refractivity contribution >= 4 is 22.8 Å². The van der Waals surface area contributed by atoms with Crippen molar-refractivity contribution in [2.45, 2.75) is 39.2 Å². The number of nitrogens with one attached hydrogen (secondary N) is 1. The number of aromatic nitrogens is 1. The molecule has 116 valence electrons. The molecule has 1 heterocycles. The van der Waals surface area contributed by atoms with Crippen LogP contribution in [0.25, 0.3) is 10.9 Å². The van der Waals surface area contributed by atoms with E-state index in [4.69, 9.17) is 5.11 Å². The van der Waals surface area contributed by atoms with E-state index in [-0.39, 0.29) is 18.2 Å². The number of pyridine rings is 1. The zero-order valence-corrected chi connectivity index (χ0v) is 13.0. The van der Waals surface area contributed by atoms with E-state index in [2.05, 4.69) is 10.3 Å². The maximum Gasteiger partial charge on any atom is 0.305 e. The van der Waals surface area contributed by atoms with Gasteiger partial charge in [0.2, 0.25) is 0 Å². The van der Waals surface area contributed by atoms with Crippen molar-refractivity contribution in [3.63, 3.8) is 0 Å². The first kappa shape index (κ1) is 15.9. The summed E-state index contributed by atoms with van der Waals surface area (Å²) in [5.41, 5.74) is 2.14. The summed E-state index contributed by atoms with van der Waals surface area (Å²) >= 11 is 0. The summed E-state index contributed by atoms with van der Waals surface area (Å²) in [6, 6.07) is 8.82. The summed E-state index contributed by atoms with van der Waals surface area (Å²) in [4.78, 5) is 27.8. The van der Waals surface area contributed by atoms with Crippen LogP contribution in [-0.2, 0) is 4.79 Å². The van der Waals surface area contributed by atoms with Crippen LogP contribution in [0.5, 0.6) is 0 Å². The van der Waals surface area contributed by atoms with Crippen molar-refractivity contribution in [3.8, 4) is 0 Å². The highest BCUT2D eigenvalue weighted by atomic mass is 16.4. The van der Waals surface area contributed by atoms with Gasteiger partial charge in [-0.25, -0.2) is 0 Å². The lowest BCUT2D eigenvalue weighted by Crippen LogP contribution is -2.34. The zero-order chi connectivity index (χ0) is 16.3. The van der Waals surface area contributed by atoms with Gasteiger partial charge in [-0.2, -0.15) is 0 Å². The summed E-state index contributed by atoms with van der Waals surface area (Å²) in [6.07, 6.45) is -0.105. The van der Waals surface area contributed by atoms with Crippen LogP contribution >= 0.6 is 0 Å². The molecule has 0 aliphatic rings. The first-order valence-corrected chi connectivity index (χ1v) is 7.30. The van der Waals surface area contributed by atoms with Gasteiger partial charge in [0.25, 0.3) is 5.91 Å². The SMILES string of the molecule is CC(CC(=O)O)NC(=O)c1cc(C(C)C)nc2ccccc12. The molecule has 5 nitrogen and oxygen atoms in total. The largest absolute Gasteiger partial charge is 0.481 e. The molecular weight excluding hydrogens is 280 g/mol. The average molecular weight is 300 g/mol. The summed E-state index contributed by atoms with van der Waals surface area (Å²) in [5.74, 6) is -1.00. The molecule has 1 aromatic carbocycles. The first-order chi connectivity index (χ1) is 10.4. The molecule has 0 fully saturated rings. The van der Waals surface area contributed by atoms with Crippen LogP contribution < -0.4 is 5.32 Å². The Bertz CT molecular complexity index is 710. The third-order valence-electron chi connectivity index (χ3n) is 3.43. The minimum absolute atomic E-state index is 0.105. The highest BCUT2D eigenvalue weighted by molar-refractivity contribution is 6.06. The van der Waals surface area contributed by atoms with Crippen molar-refractivity contribution in [1.82, 2.24) is 10.3 Å². The lowest BCUT2D eigenvalue weighted by molar-refractivity contribution is -0.137. The Hall–Kier alpha value is -2.43. The van der Waals surface area contributed by atoms with Gasteiger partial charge in [0.1, 0.15) is 0 Å². The van der Waals surface area contributed by atoms with Gasteiger partial charge in [-0.15, -0.1) is 0 Å². The topological polar surface area (TPSA) is 79.3 Å².